The minimum atomic E-state index is -0.369. The molecule has 0 spiro atoms. The molecule has 164 valence electrons. The summed E-state index contributed by atoms with van der Waals surface area (Å²) >= 11 is 0. The van der Waals surface area contributed by atoms with E-state index in [1.165, 1.54) is 6.07 Å². The Morgan fingerprint density at radius 2 is 2.07 bits per heavy atom. The van der Waals surface area contributed by atoms with Crippen molar-refractivity contribution in [2.75, 3.05) is 32.7 Å². The second-order valence-electron chi connectivity index (χ2n) is 7.05. The summed E-state index contributed by atoms with van der Waals surface area (Å²) in [5, 5.41) is 6.49. The van der Waals surface area contributed by atoms with E-state index >= 15 is 0 Å². The van der Waals surface area contributed by atoms with Gasteiger partial charge in [-0.15, -0.1) is 24.0 Å². The van der Waals surface area contributed by atoms with Crippen LogP contribution >= 0.6 is 24.0 Å². The molecule has 1 fully saturated rings. The third-order valence-corrected chi connectivity index (χ3v) is 4.58. The van der Waals surface area contributed by atoms with Crippen molar-refractivity contribution >= 4 is 35.8 Å². The van der Waals surface area contributed by atoms with Crippen LogP contribution in [0.25, 0.3) is 0 Å². The highest BCUT2D eigenvalue weighted by molar-refractivity contribution is 14.0. The van der Waals surface area contributed by atoms with Crippen LogP contribution in [-0.4, -0.2) is 55.6 Å². The number of nitrogens with zero attached hydrogens (tertiary/aromatic N) is 2. The third kappa shape index (κ3) is 9.64. The molecule has 29 heavy (non-hydrogen) atoms. The van der Waals surface area contributed by atoms with Gasteiger partial charge in [0.1, 0.15) is 6.10 Å². The first-order chi connectivity index (χ1) is 13.6. The third-order valence-electron chi connectivity index (χ3n) is 4.58. The zero-order valence-corrected chi connectivity index (χ0v) is 19.8. The summed E-state index contributed by atoms with van der Waals surface area (Å²) in [6.07, 6.45) is 4.56. The minimum Gasteiger partial charge on any atom is -0.486 e. The molecule has 1 amide bonds. The molecule has 0 radical (unpaired) electrons. The molecule has 1 aliphatic rings. The second-order valence-corrected chi connectivity index (χ2v) is 7.05. The first kappa shape index (κ1) is 25.5. The summed E-state index contributed by atoms with van der Waals surface area (Å²) in [6, 6.07) is 6.38. The maximum atomic E-state index is 13.7. The topological polar surface area (TPSA) is 66.0 Å². The summed E-state index contributed by atoms with van der Waals surface area (Å²) in [7, 11) is 0. The lowest BCUT2D eigenvalue weighted by atomic mass is 10.2. The van der Waals surface area contributed by atoms with Gasteiger partial charge >= 0.3 is 0 Å². The number of nitrogens with one attached hydrogen (secondary N) is 2. The van der Waals surface area contributed by atoms with Gasteiger partial charge in [0.25, 0.3) is 0 Å². The number of benzene rings is 1. The fourth-order valence-corrected chi connectivity index (χ4v) is 3.11. The molecule has 8 heteroatoms. The van der Waals surface area contributed by atoms with Gasteiger partial charge < -0.3 is 20.3 Å². The molecule has 6 nitrogen and oxygen atoms in total. The Bertz CT molecular complexity index is 645. The van der Waals surface area contributed by atoms with Crippen molar-refractivity contribution in [3.05, 3.63) is 30.1 Å². The van der Waals surface area contributed by atoms with E-state index in [9.17, 15) is 9.18 Å². The number of ether oxygens (including phenoxy) is 1. The number of carbonyl (C=O) groups is 1. The number of likely N-dealkylation sites (tertiary alicyclic amines) is 1. The summed E-state index contributed by atoms with van der Waals surface area (Å²) in [5.74, 6) is 0.850. The molecule has 1 unspecified atom stereocenters. The number of hydrogen-bond acceptors (Lipinski definition) is 3. The number of hydrogen-bond donors (Lipinski definition) is 2. The molecule has 1 aromatic carbocycles. The van der Waals surface area contributed by atoms with Crippen molar-refractivity contribution in [1.29, 1.82) is 0 Å². The number of guanidine groups is 1. The Balaban J connectivity index is 0.00000420. The predicted octanol–water partition coefficient (Wildman–Crippen LogP) is 3.56. The maximum absolute atomic E-state index is 13.7. The lowest BCUT2D eigenvalue weighted by Crippen LogP contribution is -2.40. The lowest BCUT2D eigenvalue weighted by molar-refractivity contribution is -0.130. The van der Waals surface area contributed by atoms with E-state index in [0.717, 1.165) is 51.9 Å². The van der Waals surface area contributed by atoms with E-state index in [4.69, 9.17) is 4.74 Å². The highest BCUT2D eigenvalue weighted by Crippen LogP contribution is 2.17. The lowest BCUT2D eigenvalue weighted by Gasteiger charge is -2.21. The number of carbonyl (C=O) groups excluding carboxylic acids is 1. The molecule has 1 aliphatic heterocycles. The molecule has 1 aromatic rings. The van der Waals surface area contributed by atoms with Gasteiger partial charge in [0.2, 0.25) is 5.91 Å². The van der Waals surface area contributed by atoms with E-state index < -0.39 is 0 Å². The molecule has 2 N–H and O–H groups in total. The highest BCUT2D eigenvalue weighted by atomic mass is 127. The molecule has 0 saturated carbocycles. The van der Waals surface area contributed by atoms with Crippen molar-refractivity contribution < 1.29 is 13.9 Å². The molecule has 0 aliphatic carbocycles. The van der Waals surface area contributed by atoms with Crippen LogP contribution in [0.3, 0.4) is 0 Å². The zero-order chi connectivity index (χ0) is 20.2. The van der Waals surface area contributed by atoms with Gasteiger partial charge in [0, 0.05) is 32.6 Å². The highest BCUT2D eigenvalue weighted by Gasteiger charge is 2.15. The number of halogens is 2. The van der Waals surface area contributed by atoms with Crippen molar-refractivity contribution in [2.45, 2.75) is 52.1 Å². The van der Waals surface area contributed by atoms with Crippen LogP contribution in [0.15, 0.2) is 29.3 Å². The van der Waals surface area contributed by atoms with E-state index in [2.05, 4.69) is 15.6 Å². The van der Waals surface area contributed by atoms with Crippen molar-refractivity contribution in [3.8, 4) is 5.75 Å². The fourth-order valence-electron chi connectivity index (χ4n) is 3.11. The molecular formula is C21H34FIN4O2. The van der Waals surface area contributed by atoms with Gasteiger partial charge in [0.15, 0.2) is 17.5 Å². The van der Waals surface area contributed by atoms with Gasteiger partial charge in [-0.3, -0.25) is 4.79 Å². The smallest absolute Gasteiger partial charge is 0.222 e. The van der Waals surface area contributed by atoms with E-state index in [1.54, 1.807) is 18.2 Å². The second kappa shape index (κ2) is 14.4. The normalized spacial score (nSPS) is 15.9. The maximum Gasteiger partial charge on any atom is 0.222 e. The average Bonchev–Trinajstić information content (AvgIpc) is 2.89. The Kier molecular flexibility index (Phi) is 12.6. The minimum absolute atomic E-state index is 0. The Morgan fingerprint density at radius 3 is 2.83 bits per heavy atom. The van der Waals surface area contributed by atoms with E-state index in [-0.39, 0.29) is 47.6 Å². The molecule has 1 saturated heterocycles. The van der Waals surface area contributed by atoms with E-state index in [1.807, 2.05) is 18.7 Å². The Hall–Kier alpha value is -1.58. The Labute approximate surface area is 190 Å². The summed E-state index contributed by atoms with van der Waals surface area (Å²) in [5.41, 5.74) is 0. The van der Waals surface area contributed by atoms with Gasteiger partial charge in [0.05, 0.1) is 6.54 Å². The largest absolute Gasteiger partial charge is 0.486 e. The van der Waals surface area contributed by atoms with Crippen LogP contribution < -0.4 is 15.4 Å². The summed E-state index contributed by atoms with van der Waals surface area (Å²) in [4.78, 5) is 18.5. The van der Waals surface area contributed by atoms with Crippen molar-refractivity contribution in [3.63, 3.8) is 0 Å². The number of amides is 1. The van der Waals surface area contributed by atoms with Crippen molar-refractivity contribution in [2.24, 2.45) is 4.99 Å². The standard InChI is InChI=1S/C21H33FN4O2.HI/c1-3-23-21(24-13-9-15-26-14-8-4-5-12-20(26)27)25-16-17(2)28-19-11-7-6-10-18(19)22;/h6-7,10-11,17H,3-5,8-9,12-16H2,1-2H3,(H2,23,24,25);1H. The first-order valence-electron chi connectivity index (χ1n) is 10.3. The summed E-state index contributed by atoms with van der Waals surface area (Å²) < 4.78 is 19.3. The van der Waals surface area contributed by atoms with Crippen LogP contribution in [0.1, 0.15) is 46.0 Å². The van der Waals surface area contributed by atoms with Gasteiger partial charge in [-0.25, -0.2) is 9.38 Å². The molecular weight excluding hydrogens is 486 g/mol. The van der Waals surface area contributed by atoms with Gasteiger partial charge in [-0.2, -0.15) is 0 Å². The Morgan fingerprint density at radius 1 is 1.28 bits per heavy atom. The molecule has 1 atom stereocenters. The molecule has 2 rings (SSSR count). The summed E-state index contributed by atoms with van der Waals surface area (Å²) in [6.45, 7) is 7.41. The number of aliphatic imine (C=N–C) groups is 1. The van der Waals surface area contributed by atoms with E-state index in [0.29, 0.717) is 18.9 Å². The number of rotatable bonds is 9. The van der Waals surface area contributed by atoms with Crippen LogP contribution in [0.4, 0.5) is 4.39 Å². The molecule has 0 aromatic heterocycles. The van der Waals surface area contributed by atoms with Crippen LogP contribution in [0.2, 0.25) is 0 Å². The van der Waals surface area contributed by atoms with Crippen molar-refractivity contribution in [1.82, 2.24) is 15.5 Å². The molecule has 1 heterocycles. The first-order valence-corrected chi connectivity index (χ1v) is 10.3. The van der Waals surface area contributed by atoms with Crippen LogP contribution in [-0.2, 0) is 4.79 Å². The quantitative estimate of drug-likeness (QED) is 0.226. The monoisotopic (exact) mass is 520 g/mol. The van der Waals surface area contributed by atoms with Gasteiger partial charge in [-0.1, -0.05) is 18.6 Å². The zero-order valence-electron chi connectivity index (χ0n) is 17.5. The number of para-hydroxylation sites is 1. The SMILES string of the molecule is CCNC(=NCC(C)Oc1ccccc1F)NCCCN1CCCCCC1=O.I. The fraction of sp³-hybridized carbons (Fsp3) is 0.619. The predicted molar refractivity (Wildman–Crippen MR) is 126 cm³/mol. The molecule has 0 bridgehead atoms. The average molecular weight is 520 g/mol. The van der Waals surface area contributed by atoms with Gasteiger partial charge in [-0.05, 0) is 45.2 Å². The van der Waals surface area contributed by atoms with Crippen LogP contribution in [0.5, 0.6) is 5.75 Å². The van der Waals surface area contributed by atoms with Crippen LogP contribution in [0, 0.1) is 5.82 Å².